The van der Waals surface area contributed by atoms with Crippen LogP contribution in [0.4, 0.5) is 11.6 Å². The first kappa shape index (κ1) is 15.5. The third kappa shape index (κ3) is 3.41. The van der Waals surface area contributed by atoms with Crippen LogP contribution in [0.1, 0.15) is 0 Å². The minimum atomic E-state index is 0.393. The quantitative estimate of drug-likeness (QED) is 0.783. The monoisotopic (exact) mass is 334 g/mol. The molecule has 1 saturated heterocycles. The topological polar surface area (TPSA) is 90.0 Å². The number of nitrogen functional groups attached to an aromatic ring is 1. The van der Waals surface area contributed by atoms with E-state index in [0.717, 1.165) is 37.8 Å². The van der Waals surface area contributed by atoms with Crippen molar-refractivity contribution in [3.63, 3.8) is 0 Å². The molecule has 1 aliphatic rings. The molecule has 0 spiro atoms. The van der Waals surface area contributed by atoms with Crippen LogP contribution in [-0.4, -0.2) is 46.2 Å². The standard InChI is InChI=1S/C18H18N6O/c19-16-12-15(22-18(23-16)14-4-1-2-7-20-14)13-5-3-6-17(21-13)24-8-10-25-11-9-24/h1-7,12H,8-11H2,(H2,19,22,23). The van der Waals surface area contributed by atoms with Crippen LogP contribution >= 0.6 is 0 Å². The number of nitrogens with zero attached hydrogens (tertiary/aromatic N) is 5. The number of pyridine rings is 2. The molecule has 0 radical (unpaired) electrons. The smallest absolute Gasteiger partial charge is 0.180 e. The molecule has 1 aliphatic heterocycles. The van der Waals surface area contributed by atoms with E-state index in [9.17, 15) is 0 Å². The van der Waals surface area contributed by atoms with Gasteiger partial charge in [-0.1, -0.05) is 12.1 Å². The lowest BCUT2D eigenvalue weighted by Gasteiger charge is -2.28. The first-order chi connectivity index (χ1) is 12.3. The van der Waals surface area contributed by atoms with Crippen molar-refractivity contribution in [3.05, 3.63) is 48.7 Å². The molecule has 0 aliphatic carbocycles. The van der Waals surface area contributed by atoms with Crippen LogP contribution in [0.15, 0.2) is 48.7 Å². The lowest BCUT2D eigenvalue weighted by molar-refractivity contribution is 0.122. The van der Waals surface area contributed by atoms with Gasteiger partial charge >= 0.3 is 0 Å². The second-order valence-electron chi connectivity index (χ2n) is 5.70. The molecule has 3 aromatic rings. The molecule has 7 nitrogen and oxygen atoms in total. The molecule has 0 atom stereocenters. The molecule has 0 bridgehead atoms. The Morgan fingerprint density at radius 2 is 1.72 bits per heavy atom. The Labute approximate surface area is 145 Å². The summed E-state index contributed by atoms with van der Waals surface area (Å²) in [7, 11) is 0. The zero-order valence-corrected chi connectivity index (χ0v) is 13.7. The number of rotatable bonds is 3. The third-order valence-electron chi connectivity index (χ3n) is 3.97. The third-order valence-corrected chi connectivity index (χ3v) is 3.97. The highest BCUT2D eigenvalue weighted by molar-refractivity contribution is 5.64. The van der Waals surface area contributed by atoms with Gasteiger partial charge in [0.05, 0.1) is 24.6 Å². The number of hydrogen-bond acceptors (Lipinski definition) is 7. The van der Waals surface area contributed by atoms with E-state index in [-0.39, 0.29) is 0 Å². The molecule has 3 aromatic heterocycles. The highest BCUT2D eigenvalue weighted by Gasteiger charge is 2.14. The van der Waals surface area contributed by atoms with Crippen molar-refractivity contribution in [2.45, 2.75) is 0 Å². The van der Waals surface area contributed by atoms with Crippen molar-refractivity contribution in [2.75, 3.05) is 36.9 Å². The fraction of sp³-hybridized carbons (Fsp3) is 0.222. The van der Waals surface area contributed by atoms with Crippen LogP contribution in [0.5, 0.6) is 0 Å². The predicted octanol–water partition coefficient (Wildman–Crippen LogP) is 2.02. The van der Waals surface area contributed by atoms with Crippen LogP contribution in [-0.2, 0) is 4.74 Å². The van der Waals surface area contributed by atoms with Crippen molar-refractivity contribution in [1.29, 1.82) is 0 Å². The van der Waals surface area contributed by atoms with E-state index in [1.54, 1.807) is 12.3 Å². The molecule has 4 heterocycles. The van der Waals surface area contributed by atoms with E-state index in [0.29, 0.717) is 23.0 Å². The Kier molecular flexibility index (Phi) is 4.22. The van der Waals surface area contributed by atoms with Crippen LogP contribution in [0.3, 0.4) is 0 Å². The van der Waals surface area contributed by atoms with E-state index < -0.39 is 0 Å². The van der Waals surface area contributed by atoms with Crippen molar-refractivity contribution in [1.82, 2.24) is 19.9 Å². The Bertz CT molecular complexity index is 864. The van der Waals surface area contributed by atoms with Gasteiger partial charge < -0.3 is 15.4 Å². The van der Waals surface area contributed by atoms with Crippen molar-refractivity contribution < 1.29 is 4.74 Å². The summed E-state index contributed by atoms with van der Waals surface area (Å²) in [5.41, 5.74) is 8.11. The van der Waals surface area contributed by atoms with Gasteiger partial charge in [0.15, 0.2) is 5.82 Å². The predicted molar refractivity (Wildman–Crippen MR) is 95.9 cm³/mol. The Morgan fingerprint density at radius 3 is 2.52 bits per heavy atom. The fourth-order valence-corrected chi connectivity index (χ4v) is 2.74. The van der Waals surface area contributed by atoms with Gasteiger partial charge in [0.25, 0.3) is 0 Å². The van der Waals surface area contributed by atoms with Crippen LogP contribution in [0.2, 0.25) is 0 Å². The summed E-state index contributed by atoms with van der Waals surface area (Å²) in [5.74, 6) is 1.80. The molecule has 0 amide bonds. The number of ether oxygens (including phenoxy) is 1. The molecule has 4 rings (SSSR count). The molecule has 0 saturated carbocycles. The van der Waals surface area contributed by atoms with Crippen LogP contribution in [0, 0.1) is 0 Å². The highest BCUT2D eigenvalue weighted by Crippen LogP contribution is 2.23. The molecule has 1 fully saturated rings. The summed E-state index contributed by atoms with van der Waals surface area (Å²) >= 11 is 0. The molecule has 0 aromatic carbocycles. The lowest BCUT2D eigenvalue weighted by atomic mass is 10.2. The van der Waals surface area contributed by atoms with E-state index in [1.807, 2.05) is 36.4 Å². The van der Waals surface area contributed by atoms with Gasteiger partial charge in [-0.05, 0) is 24.3 Å². The van der Waals surface area contributed by atoms with Gasteiger partial charge in [-0.3, -0.25) is 4.98 Å². The number of hydrogen-bond donors (Lipinski definition) is 1. The highest BCUT2D eigenvalue weighted by atomic mass is 16.5. The number of aromatic nitrogens is 4. The maximum absolute atomic E-state index is 5.98. The summed E-state index contributed by atoms with van der Waals surface area (Å²) in [5, 5.41) is 0. The van der Waals surface area contributed by atoms with Gasteiger partial charge in [-0.25, -0.2) is 15.0 Å². The van der Waals surface area contributed by atoms with Gasteiger partial charge in [0.1, 0.15) is 17.3 Å². The van der Waals surface area contributed by atoms with E-state index in [4.69, 9.17) is 15.5 Å². The van der Waals surface area contributed by atoms with Gasteiger partial charge in [0.2, 0.25) is 0 Å². The van der Waals surface area contributed by atoms with Gasteiger partial charge in [-0.15, -0.1) is 0 Å². The average molecular weight is 334 g/mol. The number of anilines is 2. The van der Waals surface area contributed by atoms with Crippen LogP contribution in [0.25, 0.3) is 22.9 Å². The first-order valence-corrected chi connectivity index (χ1v) is 8.16. The molecule has 0 unspecified atom stereocenters. The Morgan fingerprint density at radius 1 is 0.880 bits per heavy atom. The van der Waals surface area contributed by atoms with Crippen LogP contribution < -0.4 is 10.6 Å². The van der Waals surface area contributed by atoms with Gasteiger partial charge in [0, 0.05) is 25.4 Å². The summed E-state index contributed by atoms with van der Waals surface area (Å²) in [6.45, 7) is 3.11. The second kappa shape index (κ2) is 6.82. The fourth-order valence-electron chi connectivity index (χ4n) is 2.74. The van der Waals surface area contributed by atoms with Crippen molar-refractivity contribution >= 4 is 11.6 Å². The lowest BCUT2D eigenvalue weighted by Crippen LogP contribution is -2.36. The zero-order valence-electron chi connectivity index (χ0n) is 13.7. The maximum atomic E-state index is 5.98. The minimum Gasteiger partial charge on any atom is -0.384 e. The van der Waals surface area contributed by atoms with E-state index in [2.05, 4.69) is 19.9 Å². The average Bonchev–Trinajstić information content (AvgIpc) is 2.69. The molecule has 126 valence electrons. The maximum Gasteiger partial charge on any atom is 0.180 e. The number of morpholine rings is 1. The molecular formula is C18H18N6O. The van der Waals surface area contributed by atoms with E-state index in [1.165, 1.54) is 0 Å². The molecule has 7 heteroatoms. The summed E-state index contributed by atoms with van der Waals surface area (Å²) < 4.78 is 5.40. The van der Waals surface area contributed by atoms with Crippen molar-refractivity contribution in [2.24, 2.45) is 0 Å². The number of nitrogens with two attached hydrogens (primary N) is 1. The SMILES string of the molecule is Nc1cc(-c2cccc(N3CCOCC3)n2)nc(-c2ccccn2)n1. The minimum absolute atomic E-state index is 0.393. The molecular weight excluding hydrogens is 316 g/mol. The molecule has 2 N–H and O–H groups in total. The summed E-state index contributed by atoms with van der Waals surface area (Å²) in [6, 6.07) is 13.2. The summed E-state index contributed by atoms with van der Waals surface area (Å²) in [4.78, 5) is 20.1. The second-order valence-corrected chi connectivity index (χ2v) is 5.70. The van der Waals surface area contributed by atoms with Crippen molar-refractivity contribution in [3.8, 4) is 22.9 Å². The van der Waals surface area contributed by atoms with E-state index >= 15 is 0 Å². The Balaban J connectivity index is 1.71. The Hall–Kier alpha value is -3.06. The largest absolute Gasteiger partial charge is 0.384 e. The normalized spacial score (nSPS) is 14.5. The first-order valence-electron chi connectivity index (χ1n) is 8.16. The summed E-state index contributed by atoms with van der Waals surface area (Å²) in [6.07, 6.45) is 1.71. The van der Waals surface area contributed by atoms with Gasteiger partial charge in [-0.2, -0.15) is 0 Å². The zero-order chi connectivity index (χ0) is 17.1. The molecule has 25 heavy (non-hydrogen) atoms.